The van der Waals surface area contributed by atoms with Gasteiger partial charge in [0.05, 0.1) is 22.2 Å². The lowest BCUT2D eigenvalue weighted by Gasteiger charge is -2.05. The molecule has 17 heavy (non-hydrogen) atoms. The Bertz CT molecular complexity index is 602. The van der Waals surface area contributed by atoms with Gasteiger partial charge in [0.15, 0.2) is 6.61 Å². The number of nitrogens with zero attached hydrogens (tertiary/aromatic N) is 1. The van der Waals surface area contributed by atoms with E-state index in [1.807, 2.05) is 6.07 Å². The summed E-state index contributed by atoms with van der Waals surface area (Å²) in [5.41, 5.74) is 1.20. The molecular weight excluding hydrogens is 263 g/mol. The number of nitrogens with one attached hydrogen (secondary N) is 1. The molecule has 0 atom stereocenters. The molecule has 4 nitrogen and oxygen atoms in total. The number of aromatic amines is 1. The van der Waals surface area contributed by atoms with Gasteiger partial charge in [-0.15, -0.1) is 0 Å². The van der Waals surface area contributed by atoms with Gasteiger partial charge in [0.2, 0.25) is 0 Å². The molecule has 0 bridgehead atoms. The van der Waals surface area contributed by atoms with Crippen molar-refractivity contribution in [1.82, 2.24) is 4.98 Å². The molecule has 0 saturated heterocycles. The third-order valence-corrected chi connectivity index (χ3v) is 3.08. The Kier molecular flexibility index (Phi) is 3.43. The van der Waals surface area contributed by atoms with E-state index in [2.05, 4.69) is 4.98 Å². The van der Waals surface area contributed by atoms with Crippen LogP contribution in [-0.2, 0) is 6.61 Å². The molecule has 0 amide bonds. The van der Waals surface area contributed by atoms with E-state index in [1.165, 1.54) is 0 Å². The molecule has 1 aromatic heterocycles. The number of rotatable bonds is 3. The molecule has 0 spiro atoms. The van der Waals surface area contributed by atoms with Gasteiger partial charge in [0.1, 0.15) is 11.8 Å². The number of hydrogen-bond acceptors (Lipinski definition) is 3. The molecule has 0 aliphatic rings. The van der Waals surface area contributed by atoms with Gasteiger partial charge in [-0.25, -0.2) is 0 Å². The van der Waals surface area contributed by atoms with Crippen LogP contribution in [0.2, 0.25) is 10.0 Å². The molecule has 6 heteroatoms. The van der Waals surface area contributed by atoms with E-state index in [-0.39, 0.29) is 13.2 Å². The molecule has 0 radical (unpaired) electrons. The fourth-order valence-corrected chi connectivity index (χ4v) is 1.97. The minimum Gasteiger partial charge on any atom is -0.478 e. The van der Waals surface area contributed by atoms with Gasteiger partial charge in [0, 0.05) is 17.1 Å². The van der Waals surface area contributed by atoms with Crippen molar-refractivity contribution in [1.29, 1.82) is 5.26 Å². The summed E-state index contributed by atoms with van der Waals surface area (Å²) >= 11 is 12.0. The van der Waals surface area contributed by atoms with Crippen LogP contribution < -0.4 is 4.74 Å². The summed E-state index contributed by atoms with van der Waals surface area (Å²) in [7, 11) is 0. The van der Waals surface area contributed by atoms with Crippen molar-refractivity contribution in [3.63, 3.8) is 0 Å². The van der Waals surface area contributed by atoms with E-state index in [0.29, 0.717) is 32.4 Å². The second-order valence-electron chi connectivity index (χ2n) is 3.36. The molecule has 0 saturated carbocycles. The lowest BCUT2D eigenvalue weighted by molar-refractivity contribution is 0.278. The van der Waals surface area contributed by atoms with Crippen molar-refractivity contribution < 1.29 is 9.84 Å². The molecule has 0 unspecified atom stereocenters. The van der Waals surface area contributed by atoms with Gasteiger partial charge >= 0.3 is 0 Å². The fraction of sp³-hybridized carbons (Fsp3) is 0.182. The van der Waals surface area contributed by atoms with Crippen LogP contribution in [0.5, 0.6) is 5.75 Å². The summed E-state index contributed by atoms with van der Waals surface area (Å²) in [5, 5.41) is 18.9. The number of nitriles is 1. The van der Waals surface area contributed by atoms with Crippen molar-refractivity contribution in [2.75, 3.05) is 6.61 Å². The molecular formula is C11H8Cl2N2O2. The zero-order valence-corrected chi connectivity index (χ0v) is 10.1. The molecule has 88 valence electrons. The second-order valence-corrected chi connectivity index (χ2v) is 4.14. The zero-order valence-electron chi connectivity index (χ0n) is 8.63. The Balaban J connectivity index is 2.63. The highest BCUT2D eigenvalue weighted by Gasteiger charge is 2.13. The summed E-state index contributed by atoms with van der Waals surface area (Å²) in [6, 6.07) is 5.14. The fourth-order valence-electron chi connectivity index (χ4n) is 1.57. The maximum atomic E-state index is 9.07. The lowest BCUT2D eigenvalue weighted by Crippen LogP contribution is -1.94. The van der Waals surface area contributed by atoms with Gasteiger partial charge in [-0.1, -0.05) is 23.2 Å². The van der Waals surface area contributed by atoms with Crippen LogP contribution in [0, 0.1) is 11.3 Å². The van der Waals surface area contributed by atoms with E-state index in [4.69, 9.17) is 38.3 Å². The average Bonchev–Trinajstić information content (AvgIpc) is 2.76. The quantitative estimate of drug-likeness (QED) is 0.901. The number of benzene rings is 1. The first-order chi connectivity index (χ1) is 8.17. The third-order valence-electron chi connectivity index (χ3n) is 2.29. The zero-order chi connectivity index (χ0) is 12.4. The van der Waals surface area contributed by atoms with Crippen molar-refractivity contribution in [2.24, 2.45) is 0 Å². The Hall–Kier alpha value is -1.41. The lowest BCUT2D eigenvalue weighted by atomic mass is 10.2. The summed E-state index contributed by atoms with van der Waals surface area (Å²) in [5.74, 6) is 0.465. The topological polar surface area (TPSA) is 69.0 Å². The van der Waals surface area contributed by atoms with E-state index in [9.17, 15) is 0 Å². The van der Waals surface area contributed by atoms with Crippen LogP contribution in [0.4, 0.5) is 0 Å². The molecule has 1 heterocycles. The highest BCUT2D eigenvalue weighted by Crippen LogP contribution is 2.37. The second kappa shape index (κ2) is 4.84. The van der Waals surface area contributed by atoms with Crippen LogP contribution >= 0.6 is 23.2 Å². The highest BCUT2D eigenvalue weighted by atomic mass is 35.5. The van der Waals surface area contributed by atoms with Gasteiger partial charge < -0.3 is 14.8 Å². The molecule has 2 rings (SSSR count). The van der Waals surface area contributed by atoms with Crippen LogP contribution in [0.25, 0.3) is 10.9 Å². The van der Waals surface area contributed by atoms with E-state index in [1.54, 1.807) is 12.1 Å². The first-order valence-electron chi connectivity index (χ1n) is 4.77. The van der Waals surface area contributed by atoms with Crippen LogP contribution in [-0.4, -0.2) is 16.7 Å². The van der Waals surface area contributed by atoms with Crippen LogP contribution in [0.1, 0.15) is 5.69 Å². The maximum Gasteiger partial charge on any atom is 0.174 e. The Morgan fingerprint density at radius 2 is 2.18 bits per heavy atom. The number of aliphatic hydroxyl groups is 1. The maximum absolute atomic E-state index is 9.07. The predicted octanol–water partition coefficient (Wildman–Crippen LogP) is 2.87. The number of hydrogen-bond donors (Lipinski definition) is 2. The Morgan fingerprint density at radius 1 is 1.41 bits per heavy atom. The number of H-pyrrole nitrogens is 1. The molecule has 0 fully saturated rings. The predicted molar refractivity (Wildman–Crippen MR) is 65.3 cm³/mol. The summed E-state index contributed by atoms with van der Waals surface area (Å²) < 4.78 is 5.26. The Morgan fingerprint density at radius 3 is 2.82 bits per heavy atom. The number of ether oxygens (including phenoxy) is 1. The third kappa shape index (κ3) is 2.18. The van der Waals surface area contributed by atoms with Crippen molar-refractivity contribution in [3.05, 3.63) is 27.9 Å². The number of aliphatic hydroxyl groups excluding tert-OH is 1. The van der Waals surface area contributed by atoms with E-state index in [0.717, 1.165) is 0 Å². The van der Waals surface area contributed by atoms with E-state index < -0.39 is 0 Å². The molecule has 2 N–H and O–H groups in total. The van der Waals surface area contributed by atoms with Crippen LogP contribution in [0.3, 0.4) is 0 Å². The monoisotopic (exact) mass is 270 g/mol. The van der Waals surface area contributed by atoms with Gasteiger partial charge in [-0.05, 0) is 6.07 Å². The van der Waals surface area contributed by atoms with Crippen molar-refractivity contribution in [3.8, 4) is 11.8 Å². The smallest absolute Gasteiger partial charge is 0.174 e. The summed E-state index contributed by atoms with van der Waals surface area (Å²) in [6.07, 6.45) is 0. The number of halogens is 2. The van der Waals surface area contributed by atoms with Gasteiger partial charge in [0.25, 0.3) is 0 Å². The first kappa shape index (κ1) is 12.1. The molecule has 0 aliphatic carbocycles. The minimum atomic E-state index is -0.139. The Labute approximate surface area is 107 Å². The average molecular weight is 271 g/mol. The molecule has 2 aromatic rings. The summed E-state index contributed by atoms with van der Waals surface area (Å²) in [6.45, 7) is -0.215. The SMILES string of the molecule is N#CCOc1cc(Cl)c(Cl)c2[nH]c(CO)cc12. The van der Waals surface area contributed by atoms with E-state index >= 15 is 0 Å². The van der Waals surface area contributed by atoms with Gasteiger partial charge in [-0.2, -0.15) is 5.26 Å². The molecule has 0 aliphatic heterocycles. The molecule has 1 aromatic carbocycles. The summed E-state index contributed by atoms with van der Waals surface area (Å²) in [4.78, 5) is 2.94. The van der Waals surface area contributed by atoms with Crippen molar-refractivity contribution in [2.45, 2.75) is 6.61 Å². The minimum absolute atomic E-state index is 0.0767. The number of fused-ring (bicyclic) bond motifs is 1. The standard InChI is InChI=1S/C11H8Cl2N2O2/c12-8-4-9(17-2-1-14)7-3-6(5-16)15-11(7)10(8)13/h3-4,15-16H,2,5H2. The van der Waals surface area contributed by atoms with Crippen molar-refractivity contribution >= 4 is 34.1 Å². The van der Waals surface area contributed by atoms with Crippen LogP contribution in [0.15, 0.2) is 12.1 Å². The number of aromatic nitrogens is 1. The largest absolute Gasteiger partial charge is 0.478 e. The first-order valence-corrected chi connectivity index (χ1v) is 5.53. The van der Waals surface area contributed by atoms with Gasteiger partial charge in [-0.3, -0.25) is 0 Å². The normalized spacial score (nSPS) is 10.5. The highest BCUT2D eigenvalue weighted by molar-refractivity contribution is 6.45.